The van der Waals surface area contributed by atoms with Crippen molar-refractivity contribution >= 4 is 11.7 Å². The summed E-state index contributed by atoms with van der Waals surface area (Å²) in [6.45, 7) is 0.424. The molecule has 1 saturated carbocycles. The number of halogens is 3. The second-order valence-corrected chi connectivity index (χ2v) is 5.67. The molecule has 1 aromatic carbocycles. The van der Waals surface area contributed by atoms with Crippen molar-refractivity contribution in [2.24, 2.45) is 11.7 Å². The molecule has 0 spiro atoms. The summed E-state index contributed by atoms with van der Waals surface area (Å²) in [7, 11) is 0. The van der Waals surface area contributed by atoms with Crippen LogP contribution in [0.4, 0.5) is 23.7 Å². The number of nitrogens with one attached hydrogen (secondary N) is 2. The number of carbonyl (C=O) groups excluding carboxylic acids is 1. The fourth-order valence-electron chi connectivity index (χ4n) is 2.76. The molecule has 0 aliphatic heterocycles. The van der Waals surface area contributed by atoms with Crippen LogP contribution in [0.3, 0.4) is 0 Å². The molecule has 4 N–H and O–H groups in total. The van der Waals surface area contributed by atoms with Crippen LogP contribution in [0, 0.1) is 5.92 Å². The Hall–Kier alpha value is -1.76. The van der Waals surface area contributed by atoms with Crippen molar-refractivity contribution in [2.75, 3.05) is 11.9 Å². The maximum absolute atomic E-state index is 12.8. The Labute approximate surface area is 127 Å². The number of para-hydroxylation sites is 1. The predicted octanol–water partition coefficient (Wildman–Crippen LogP) is 3.34. The van der Waals surface area contributed by atoms with Gasteiger partial charge in [-0.25, -0.2) is 4.79 Å². The van der Waals surface area contributed by atoms with Crippen LogP contribution < -0.4 is 16.4 Å². The highest BCUT2D eigenvalue weighted by Gasteiger charge is 2.33. The summed E-state index contributed by atoms with van der Waals surface area (Å²) in [6, 6.07) is 4.43. The zero-order valence-corrected chi connectivity index (χ0v) is 12.1. The molecular formula is C15H20F3N3O. The number of alkyl halides is 3. The number of rotatable bonds is 3. The van der Waals surface area contributed by atoms with Crippen LogP contribution >= 0.6 is 0 Å². The van der Waals surface area contributed by atoms with Crippen LogP contribution in [-0.2, 0) is 6.18 Å². The second kappa shape index (κ2) is 7.00. The average molecular weight is 315 g/mol. The summed E-state index contributed by atoms with van der Waals surface area (Å²) in [4.78, 5) is 11.8. The fraction of sp³-hybridized carbons (Fsp3) is 0.533. The molecule has 1 fully saturated rings. The maximum atomic E-state index is 12.8. The Morgan fingerprint density at radius 1 is 1.27 bits per heavy atom. The smallest absolute Gasteiger partial charge is 0.338 e. The molecule has 0 radical (unpaired) electrons. The molecule has 0 bridgehead atoms. The molecule has 0 saturated heterocycles. The van der Waals surface area contributed by atoms with Gasteiger partial charge in [-0.3, -0.25) is 0 Å². The molecule has 7 heteroatoms. The fourth-order valence-corrected chi connectivity index (χ4v) is 2.76. The minimum Gasteiger partial charge on any atom is -0.338 e. The first-order valence-electron chi connectivity index (χ1n) is 7.33. The lowest BCUT2D eigenvalue weighted by molar-refractivity contribution is -0.136. The third-order valence-corrected chi connectivity index (χ3v) is 3.86. The third-order valence-electron chi connectivity index (χ3n) is 3.86. The van der Waals surface area contributed by atoms with Gasteiger partial charge in [-0.05, 0) is 37.3 Å². The normalized spacial score (nSPS) is 22.2. The van der Waals surface area contributed by atoms with Crippen molar-refractivity contribution in [3.8, 4) is 0 Å². The molecule has 2 unspecified atom stereocenters. The van der Waals surface area contributed by atoms with Crippen molar-refractivity contribution in [2.45, 2.75) is 37.9 Å². The van der Waals surface area contributed by atoms with Gasteiger partial charge in [0.15, 0.2) is 0 Å². The SMILES string of the molecule is NC1CCCC(CNC(=O)Nc2ccccc2C(F)(F)F)C1. The molecule has 1 aromatic rings. The van der Waals surface area contributed by atoms with Crippen LogP contribution in [-0.4, -0.2) is 18.6 Å². The number of amides is 2. The van der Waals surface area contributed by atoms with Crippen LogP contribution in [0.5, 0.6) is 0 Å². The van der Waals surface area contributed by atoms with Gasteiger partial charge in [-0.15, -0.1) is 0 Å². The minimum atomic E-state index is -4.50. The van der Waals surface area contributed by atoms with E-state index in [1.165, 1.54) is 18.2 Å². The average Bonchev–Trinajstić information content (AvgIpc) is 2.45. The summed E-state index contributed by atoms with van der Waals surface area (Å²) >= 11 is 0. The predicted molar refractivity (Wildman–Crippen MR) is 78.4 cm³/mol. The lowest BCUT2D eigenvalue weighted by atomic mass is 9.86. The van der Waals surface area contributed by atoms with Crippen LogP contribution in [0.2, 0.25) is 0 Å². The van der Waals surface area contributed by atoms with Gasteiger partial charge in [0.25, 0.3) is 0 Å². The molecular weight excluding hydrogens is 295 g/mol. The van der Waals surface area contributed by atoms with Gasteiger partial charge in [0.2, 0.25) is 0 Å². The zero-order chi connectivity index (χ0) is 16.2. The van der Waals surface area contributed by atoms with Crippen molar-refractivity contribution in [1.29, 1.82) is 0 Å². The number of hydrogen-bond donors (Lipinski definition) is 3. The highest BCUT2D eigenvalue weighted by atomic mass is 19.4. The molecule has 122 valence electrons. The van der Waals surface area contributed by atoms with Gasteiger partial charge >= 0.3 is 12.2 Å². The largest absolute Gasteiger partial charge is 0.418 e. The van der Waals surface area contributed by atoms with Gasteiger partial charge in [0.05, 0.1) is 11.3 Å². The maximum Gasteiger partial charge on any atom is 0.418 e. The van der Waals surface area contributed by atoms with Crippen LogP contribution in [0.1, 0.15) is 31.2 Å². The Morgan fingerprint density at radius 3 is 2.68 bits per heavy atom. The lowest BCUT2D eigenvalue weighted by Crippen LogP contribution is -2.37. The Bertz CT molecular complexity index is 519. The third kappa shape index (κ3) is 4.62. The topological polar surface area (TPSA) is 67.1 Å². The molecule has 0 heterocycles. The van der Waals surface area contributed by atoms with Crippen LogP contribution in [0.25, 0.3) is 0 Å². The van der Waals surface area contributed by atoms with E-state index >= 15 is 0 Å². The van der Waals surface area contributed by atoms with E-state index in [9.17, 15) is 18.0 Å². The first-order chi connectivity index (χ1) is 10.4. The summed E-state index contributed by atoms with van der Waals surface area (Å²) in [5, 5.41) is 4.89. The molecule has 22 heavy (non-hydrogen) atoms. The molecule has 2 amide bonds. The summed E-state index contributed by atoms with van der Waals surface area (Å²) in [5.41, 5.74) is 4.77. The standard InChI is InChI=1S/C15H20F3N3O/c16-15(17,18)12-6-1-2-7-13(12)21-14(22)20-9-10-4-3-5-11(19)8-10/h1-2,6-7,10-11H,3-5,8-9,19H2,(H2,20,21,22). The van der Waals surface area contributed by atoms with Gasteiger partial charge in [-0.1, -0.05) is 18.6 Å². The Morgan fingerprint density at radius 2 is 2.00 bits per heavy atom. The Kier molecular flexibility index (Phi) is 5.28. The first-order valence-corrected chi connectivity index (χ1v) is 7.33. The van der Waals surface area contributed by atoms with E-state index in [0.717, 1.165) is 31.7 Å². The van der Waals surface area contributed by atoms with E-state index < -0.39 is 17.8 Å². The number of hydrogen-bond acceptors (Lipinski definition) is 2. The van der Waals surface area contributed by atoms with Gasteiger partial charge in [0.1, 0.15) is 0 Å². The van der Waals surface area contributed by atoms with E-state index in [1.54, 1.807) is 0 Å². The number of anilines is 1. The summed E-state index contributed by atoms with van der Waals surface area (Å²) < 4.78 is 38.5. The van der Waals surface area contributed by atoms with E-state index in [4.69, 9.17) is 5.73 Å². The van der Waals surface area contributed by atoms with Gasteiger partial charge < -0.3 is 16.4 Å². The summed E-state index contributed by atoms with van der Waals surface area (Å²) in [6.07, 6.45) is -0.680. The molecule has 2 rings (SSSR count). The van der Waals surface area contributed by atoms with E-state index in [-0.39, 0.29) is 17.6 Å². The molecule has 1 aliphatic carbocycles. The van der Waals surface area contributed by atoms with Gasteiger partial charge in [-0.2, -0.15) is 13.2 Å². The van der Waals surface area contributed by atoms with Crippen molar-refractivity contribution in [3.63, 3.8) is 0 Å². The highest BCUT2D eigenvalue weighted by molar-refractivity contribution is 5.90. The number of nitrogens with two attached hydrogens (primary N) is 1. The minimum absolute atomic E-state index is 0.148. The molecule has 0 aromatic heterocycles. The lowest BCUT2D eigenvalue weighted by Gasteiger charge is -2.26. The number of carbonyl (C=O) groups is 1. The first kappa shape index (κ1) is 16.6. The van der Waals surface area contributed by atoms with Gasteiger partial charge in [0, 0.05) is 12.6 Å². The van der Waals surface area contributed by atoms with Crippen molar-refractivity contribution in [3.05, 3.63) is 29.8 Å². The van der Waals surface area contributed by atoms with Crippen molar-refractivity contribution < 1.29 is 18.0 Å². The van der Waals surface area contributed by atoms with E-state index in [0.29, 0.717) is 6.54 Å². The molecule has 2 atom stereocenters. The van der Waals surface area contributed by atoms with E-state index in [2.05, 4.69) is 10.6 Å². The molecule has 4 nitrogen and oxygen atoms in total. The second-order valence-electron chi connectivity index (χ2n) is 5.67. The molecule has 1 aliphatic rings. The summed E-state index contributed by atoms with van der Waals surface area (Å²) in [5.74, 6) is 0.285. The number of urea groups is 1. The number of benzene rings is 1. The van der Waals surface area contributed by atoms with E-state index in [1.807, 2.05) is 0 Å². The Balaban J connectivity index is 1.90. The zero-order valence-electron chi connectivity index (χ0n) is 12.1. The van der Waals surface area contributed by atoms with Crippen LogP contribution in [0.15, 0.2) is 24.3 Å². The monoisotopic (exact) mass is 315 g/mol. The highest BCUT2D eigenvalue weighted by Crippen LogP contribution is 2.34. The quantitative estimate of drug-likeness (QED) is 0.801. The van der Waals surface area contributed by atoms with Crippen molar-refractivity contribution in [1.82, 2.24) is 5.32 Å².